The number of ether oxygens (including phenoxy) is 2. The summed E-state index contributed by atoms with van der Waals surface area (Å²) in [5.41, 5.74) is 2.38. The molecule has 4 rings (SSSR count). The zero-order chi connectivity index (χ0) is 21.8. The maximum absolute atomic E-state index is 12.9. The van der Waals surface area contributed by atoms with E-state index in [4.69, 9.17) is 21.7 Å². The van der Waals surface area contributed by atoms with Gasteiger partial charge in [0.1, 0.15) is 13.2 Å². The molecule has 0 radical (unpaired) electrons. The van der Waals surface area contributed by atoms with Crippen molar-refractivity contribution in [3.05, 3.63) is 70.0 Å². The minimum absolute atomic E-state index is 0.131. The van der Waals surface area contributed by atoms with Crippen LogP contribution in [0.25, 0.3) is 10.9 Å². The molecule has 0 spiro atoms. The molecule has 0 atom stereocenters. The molecular weight excluding hydrogens is 410 g/mol. The van der Waals surface area contributed by atoms with Crippen LogP contribution in [0.15, 0.2) is 53.3 Å². The van der Waals surface area contributed by atoms with Crippen molar-refractivity contribution in [1.29, 1.82) is 0 Å². The fourth-order valence-corrected chi connectivity index (χ4v) is 3.73. The Labute approximate surface area is 187 Å². The number of hydrogen-bond donors (Lipinski definition) is 2. The number of pyridine rings is 1. The second-order valence-electron chi connectivity index (χ2n) is 8.13. The molecule has 7 heteroatoms. The van der Waals surface area contributed by atoms with E-state index >= 15 is 0 Å². The Morgan fingerprint density at radius 2 is 1.81 bits per heavy atom. The van der Waals surface area contributed by atoms with Gasteiger partial charge < -0.3 is 24.7 Å². The normalized spacial score (nSPS) is 12.7. The third kappa shape index (κ3) is 5.17. The molecule has 0 saturated carbocycles. The van der Waals surface area contributed by atoms with Gasteiger partial charge in [0.05, 0.1) is 12.1 Å². The Hall–Kier alpha value is -3.06. The molecule has 1 aliphatic heterocycles. The number of hydrogen-bond acceptors (Lipinski definition) is 4. The summed E-state index contributed by atoms with van der Waals surface area (Å²) in [5, 5.41) is 4.87. The highest BCUT2D eigenvalue weighted by atomic mass is 32.1. The molecule has 0 saturated heterocycles. The van der Waals surface area contributed by atoms with Crippen LogP contribution in [-0.2, 0) is 13.1 Å². The number of nitrogens with one attached hydrogen (secondary N) is 2. The van der Waals surface area contributed by atoms with E-state index in [1.807, 2.05) is 41.3 Å². The van der Waals surface area contributed by atoms with Crippen LogP contribution in [0, 0.1) is 5.92 Å². The third-order valence-electron chi connectivity index (χ3n) is 5.11. The third-order valence-corrected chi connectivity index (χ3v) is 5.51. The molecular formula is C24H27N3O3S. The molecule has 6 nitrogen and oxygen atoms in total. The van der Waals surface area contributed by atoms with Crippen LogP contribution in [0.4, 0.5) is 0 Å². The first-order valence-electron chi connectivity index (χ1n) is 10.5. The van der Waals surface area contributed by atoms with Gasteiger partial charge in [0, 0.05) is 30.1 Å². The summed E-state index contributed by atoms with van der Waals surface area (Å²) < 4.78 is 11.3. The molecule has 31 heavy (non-hydrogen) atoms. The minimum atomic E-state index is -0.131. The van der Waals surface area contributed by atoms with E-state index in [0.717, 1.165) is 23.0 Å². The van der Waals surface area contributed by atoms with Crippen LogP contribution in [0.1, 0.15) is 25.0 Å². The van der Waals surface area contributed by atoms with Gasteiger partial charge in [-0.25, -0.2) is 0 Å². The summed E-state index contributed by atoms with van der Waals surface area (Å²) in [6.07, 6.45) is 0. The summed E-state index contributed by atoms with van der Waals surface area (Å²) in [4.78, 5) is 17.9. The highest BCUT2D eigenvalue weighted by Crippen LogP contribution is 2.33. The average molecular weight is 438 g/mol. The average Bonchev–Trinajstić information content (AvgIpc) is 2.77. The van der Waals surface area contributed by atoms with Gasteiger partial charge in [-0.15, -0.1) is 0 Å². The summed E-state index contributed by atoms with van der Waals surface area (Å²) in [6, 6.07) is 15.8. The zero-order valence-corrected chi connectivity index (χ0v) is 18.6. The molecule has 2 aromatic carbocycles. The first-order valence-corrected chi connectivity index (χ1v) is 10.9. The molecule has 1 aromatic heterocycles. The van der Waals surface area contributed by atoms with Crippen molar-refractivity contribution in [3.8, 4) is 11.5 Å². The van der Waals surface area contributed by atoms with Gasteiger partial charge in [-0.1, -0.05) is 44.2 Å². The quantitative estimate of drug-likeness (QED) is 0.572. The molecule has 2 N–H and O–H groups in total. The molecule has 0 aliphatic carbocycles. The lowest BCUT2D eigenvalue weighted by molar-refractivity contribution is 0.172. The fourth-order valence-electron chi connectivity index (χ4n) is 3.52. The summed E-state index contributed by atoms with van der Waals surface area (Å²) >= 11 is 5.68. The van der Waals surface area contributed by atoms with E-state index in [0.29, 0.717) is 54.4 Å². The van der Waals surface area contributed by atoms with Gasteiger partial charge in [0.25, 0.3) is 5.56 Å². The Kier molecular flexibility index (Phi) is 6.42. The lowest BCUT2D eigenvalue weighted by Gasteiger charge is -2.26. The largest absolute Gasteiger partial charge is 0.486 e. The molecule has 162 valence electrons. The van der Waals surface area contributed by atoms with E-state index in [9.17, 15) is 4.79 Å². The Bertz CT molecular complexity index is 1130. The highest BCUT2D eigenvalue weighted by Gasteiger charge is 2.17. The van der Waals surface area contributed by atoms with Gasteiger partial charge in [-0.3, -0.25) is 4.79 Å². The van der Waals surface area contributed by atoms with Crippen molar-refractivity contribution in [2.45, 2.75) is 26.9 Å². The molecule has 2 heterocycles. The first kappa shape index (κ1) is 21.2. The SMILES string of the molecule is CC(C)CNC(=S)N(Cc1ccccc1)Cc1cc2cc3c(cc2[nH]c1=O)OCCO3. The van der Waals surface area contributed by atoms with Gasteiger partial charge in [-0.05, 0) is 35.8 Å². The second-order valence-corrected chi connectivity index (χ2v) is 8.52. The Balaban J connectivity index is 1.63. The number of thiocarbonyl (C=S) groups is 1. The predicted molar refractivity (Wildman–Crippen MR) is 127 cm³/mol. The molecule has 0 bridgehead atoms. The van der Waals surface area contributed by atoms with Crippen LogP contribution < -0.4 is 20.3 Å². The van der Waals surface area contributed by atoms with Crippen molar-refractivity contribution >= 4 is 28.2 Å². The lowest BCUT2D eigenvalue weighted by Crippen LogP contribution is -2.41. The van der Waals surface area contributed by atoms with Gasteiger partial charge >= 0.3 is 0 Å². The molecule has 0 fully saturated rings. The van der Waals surface area contributed by atoms with Crippen LogP contribution in [0.2, 0.25) is 0 Å². The molecule has 0 amide bonds. The van der Waals surface area contributed by atoms with E-state index < -0.39 is 0 Å². The number of nitrogens with zero attached hydrogens (tertiary/aromatic N) is 1. The number of benzene rings is 2. The Morgan fingerprint density at radius 3 is 2.52 bits per heavy atom. The zero-order valence-electron chi connectivity index (χ0n) is 17.8. The van der Waals surface area contributed by atoms with E-state index in [-0.39, 0.29) is 5.56 Å². The van der Waals surface area contributed by atoms with Crippen molar-refractivity contribution < 1.29 is 9.47 Å². The standard InChI is InChI=1S/C24H27N3O3S/c1-16(2)13-25-24(31)27(14-17-6-4-3-5-7-17)15-19-10-18-11-21-22(30-9-8-29-21)12-20(18)26-23(19)28/h3-7,10-12,16H,8-9,13-15H2,1-2H3,(H,25,31)(H,26,28). The number of aromatic amines is 1. The van der Waals surface area contributed by atoms with Crippen LogP contribution in [0.5, 0.6) is 11.5 Å². The highest BCUT2D eigenvalue weighted by molar-refractivity contribution is 7.80. The van der Waals surface area contributed by atoms with Crippen molar-refractivity contribution in [2.24, 2.45) is 5.92 Å². The maximum atomic E-state index is 12.9. The number of H-pyrrole nitrogens is 1. The maximum Gasteiger partial charge on any atom is 0.253 e. The van der Waals surface area contributed by atoms with E-state index in [2.05, 4.69) is 36.3 Å². The molecule has 1 aliphatic rings. The van der Waals surface area contributed by atoms with Gasteiger partial charge in [-0.2, -0.15) is 0 Å². The topological polar surface area (TPSA) is 66.6 Å². The van der Waals surface area contributed by atoms with E-state index in [1.165, 1.54) is 0 Å². The predicted octanol–water partition coefficient (Wildman–Crippen LogP) is 3.83. The van der Waals surface area contributed by atoms with Gasteiger partial charge in [0.2, 0.25) is 0 Å². The molecule has 3 aromatic rings. The van der Waals surface area contributed by atoms with Crippen molar-refractivity contribution in [3.63, 3.8) is 0 Å². The first-order chi connectivity index (χ1) is 15.0. The van der Waals surface area contributed by atoms with Gasteiger partial charge in [0.15, 0.2) is 16.6 Å². The molecule has 0 unspecified atom stereocenters. The van der Waals surface area contributed by atoms with E-state index in [1.54, 1.807) is 0 Å². The smallest absolute Gasteiger partial charge is 0.253 e. The minimum Gasteiger partial charge on any atom is -0.486 e. The summed E-state index contributed by atoms with van der Waals surface area (Å²) in [5.74, 6) is 1.83. The number of fused-ring (bicyclic) bond motifs is 2. The lowest BCUT2D eigenvalue weighted by atomic mass is 10.1. The Morgan fingerprint density at radius 1 is 1.10 bits per heavy atom. The monoisotopic (exact) mass is 437 g/mol. The second kappa shape index (κ2) is 9.39. The van der Waals surface area contributed by atoms with Crippen LogP contribution in [0.3, 0.4) is 0 Å². The number of rotatable bonds is 6. The summed E-state index contributed by atoms with van der Waals surface area (Å²) in [6.45, 7) is 7.10. The summed E-state index contributed by atoms with van der Waals surface area (Å²) in [7, 11) is 0. The van der Waals surface area contributed by atoms with Crippen molar-refractivity contribution in [2.75, 3.05) is 19.8 Å². The number of aromatic nitrogens is 1. The van der Waals surface area contributed by atoms with Crippen LogP contribution in [-0.4, -0.2) is 34.8 Å². The van der Waals surface area contributed by atoms with Crippen LogP contribution >= 0.6 is 12.2 Å². The van der Waals surface area contributed by atoms with Crippen molar-refractivity contribution in [1.82, 2.24) is 15.2 Å². The fraction of sp³-hybridized carbons (Fsp3) is 0.333.